The third-order valence-corrected chi connectivity index (χ3v) is 3.35. The molecule has 0 heterocycles. The molecule has 0 amide bonds. The van der Waals surface area contributed by atoms with Crippen LogP contribution in [0, 0.1) is 6.92 Å². The van der Waals surface area contributed by atoms with Crippen molar-refractivity contribution in [3.05, 3.63) is 29.8 Å². The monoisotopic (exact) mass is 220 g/mol. The minimum absolute atomic E-state index is 0.531. The van der Waals surface area contributed by atoms with Gasteiger partial charge in [-0.15, -0.1) is 11.8 Å². The zero-order valence-electron chi connectivity index (χ0n) is 8.94. The van der Waals surface area contributed by atoms with Crippen LogP contribution in [0.15, 0.2) is 34.2 Å². The first kappa shape index (κ1) is 10.6. The van der Waals surface area contributed by atoms with Crippen LogP contribution in [0.3, 0.4) is 0 Å². The Morgan fingerprint density at radius 3 is 2.67 bits per heavy atom. The van der Waals surface area contributed by atoms with Crippen LogP contribution in [0.2, 0.25) is 0 Å². The number of rotatable bonds is 4. The lowest BCUT2D eigenvalue weighted by Gasteiger charge is -2.01. The van der Waals surface area contributed by atoms with Gasteiger partial charge in [0.25, 0.3) is 0 Å². The van der Waals surface area contributed by atoms with E-state index in [2.05, 4.69) is 36.2 Å². The summed E-state index contributed by atoms with van der Waals surface area (Å²) in [6.07, 6.45) is 2.44. The van der Waals surface area contributed by atoms with E-state index in [1.165, 1.54) is 23.3 Å². The first-order chi connectivity index (χ1) is 7.24. The van der Waals surface area contributed by atoms with E-state index < -0.39 is 0 Å². The fraction of sp³-hybridized carbons (Fsp3) is 0.417. The highest BCUT2D eigenvalue weighted by Crippen LogP contribution is 2.24. The number of thioether (sulfide) groups is 1. The van der Waals surface area contributed by atoms with Crippen molar-refractivity contribution >= 4 is 17.6 Å². The van der Waals surface area contributed by atoms with Crippen molar-refractivity contribution in [2.24, 2.45) is 10.7 Å². The molecule has 0 aromatic heterocycles. The van der Waals surface area contributed by atoms with E-state index in [0.29, 0.717) is 6.04 Å². The zero-order valence-corrected chi connectivity index (χ0v) is 9.76. The first-order valence-electron chi connectivity index (χ1n) is 5.25. The van der Waals surface area contributed by atoms with Crippen LogP contribution < -0.4 is 5.73 Å². The Balaban J connectivity index is 1.84. The highest BCUT2D eigenvalue weighted by molar-refractivity contribution is 8.00. The van der Waals surface area contributed by atoms with Crippen LogP contribution in [0.5, 0.6) is 0 Å². The standard InChI is InChI=1S/C12H16N2S/c1-9-2-6-11(7-3-9)15-8-12(13)14-10-4-5-10/h2-3,6-7,10H,4-5,8H2,1H3,(H2,13,14). The summed E-state index contributed by atoms with van der Waals surface area (Å²) in [6, 6.07) is 9.03. The number of amidine groups is 1. The maximum absolute atomic E-state index is 5.82. The number of hydrogen-bond acceptors (Lipinski definition) is 2. The second kappa shape index (κ2) is 4.71. The topological polar surface area (TPSA) is 38.4 Å². The van der Waals surface area contributed by atoms with Crippen molar-refractivity contribution < 1.29 is 0 Å². The quantitative estimate of drug-likeness (QED) is 0.481. The van der Waals surface area contributed by atoms with Gasteiger partial charge in [-0.1, -0.05) is 17.7 Å². The lowest BCUT2D eigenvalue weighted by Crippen LogP contribution is -2.15. The van der Waals surface area contributed by atoms with Gasteiger partial charge in [0.1, 0.15) is 5.84 Å². The third kappa shape index (κ3) is 3.59. The van der Waals surface area contributed by atoms with Crippen LogP contribution in [0.25, 0.3) is 0 Å². The van der Waals surface area contributed by atoms with Crippen LogP contribution in [0.4, 0.5) is 0 Å². The lowest BCUT2D eigenvalue weighted by molar-refractivity contribution is 1.06. The number of hydrogen-bond donors (Lipinski definition) is 1. The molecule has 0 atom stereocenters. The Bertz CT molecular complexity index is 352. The summed E-state index contributed by atoms with van der Waals surface area (Å²) in [5.74, 6) is 1.59. The molecule has 0 unspecified atom stereocenters. The third-order valence-electron chi connectivity index (χ3n) is 2.30. The van der Waals surface area contributed by atoms with Crippen LogP contribution in [-0.4, -0.2) is 17.6 Å². The number of aryl methyl sites for hydroxylation is 1. The Labute approximate surface area is 95.0 Å². The highest BCUT2D eigenvalue weighted by Gasteiger charge is 2.20. The van der Waals surface area contributed by atoms with E-state index in [0.717, 1.165) is 11.6 Å². The Kier molecular flexibility index (Phi) is 3.31. The average Bonchev–Trinajstić information content (AvgIpc) is 3.01. The Morgan fingerprint density at radius 1 is 1.40 bits per heavy atom. The smallest absolute Gasteiger partial charge is 0.104 e. The van der Waals surface area contributed by atoms with Gasteiger partial charge in [-0.05, 0) is 31.9 Å². The minimum Gasteiger partial charge on any atom is -0.387 e. The predicted molar refractivity (Wildman–Crippen MR) is 66.5 cm³/mol. The number of benzene rings is 1. The van der Waals surface area contributed by atoms with Crippen molar-refractivity contribution in [3.63, 3.8) is 0 Å². The molecule has 1 fully saturated rings. The van der Waals surface area contributed by atoms with E-state index in [9.17, 15) is 0 Å². The van der Waals surface area contributed by atoms with Crippen molar-refractivity contribution in [3.8, 4) is 0 Å². The van der Waals surface area contributed by atoms with Crippen molar-refractivity contribution in [1.29, 1.82) is 0 Å². The minimum atomic E-state index is 0.531. The summed E-state index contributed by atoms with van der Waals surface area (Å²) in [5.41, 5.74) is 7.11. The van der Waals surface area contributed by atoms with Gasteiger partial charge < -0.3 is 5.73 Å². The van der Waals surface area contributed by atoms with Gasteiger partial charge in [-0.2, -0.15) is 0 Å². The van der Waals surface area contributed by atoms with Crippen LogP contribution >= 0.6 is 11.8 Å². The van der Waals surface area contributed by atoms with Crippen molar-refractivity contribution in [2.45, 2.75) is 30.7 Å². The highest BCUT2D eigenvalue weighted by atomic mass is 32.2. The second-order valence-corrected chi connectivity index (χ2v) is 5.00. The predicted octanol–water partition coefficient (Wildman–Crippen LogP) is 2.61. The van der Waals surface area contributed by atoms with Gasteiger partial charge in [0.05, 0.1) is 11.8 Å². The van der Waals surface area contributed by atoms with Crippen molar-refractivity contribution in [1.82, 2.24) is 0 Å². The fourth-order valence-corrected chi connectivity index (χ4v) is 1.98. The van der Waals surface area contributed by atoms with Gasteiger partial charge in [0.15, 0.2) is 0 Å². The molecule has 2 nitrogen and oxygen atoms in total. The van der Waals surface area contributed by atoms with E-state index in [1.54, 1.807) is 11.8 Å². The summed E-state index contributed by atoms with van der Waals surface area (Å²) in [7, 11) is 0. The second-order valence-electron chi connectivity index (χ2n) is 3.95. The van der Waals surface area contributed by atoms with E-state index in [4.69, 9.17) is 5.73 Å². The molecule has 0 radical (unpaired) electrons. The maximum Gasteiger partial charge on any atom is 0.104 e. The number of nitrogens with two attached hydrogens (primary N) is 1. The zero-order chi connectivity index (χ0) is 10.7. The molecule has 1 saturated carbocycles. The average molecular weight is 220 g/mol. The molecule has 0 bridgehead atoms. The first-order valence-corrected chi connectivity index (χ1v) is 6.24. The molecule has 1 aliphatic carbocycles. The van der Waals surface area contributed by atoms with Gasteiger partial charge in [-0.3, -0.25) is 4.99 Å². The molecule has 2 rings (SSSR count). The fourth-order valence-electron chi connectivity index (χ4n) is 1.27. The molecular formula is C12H16N2S. The Hall–Kier alpha value is -0.960. The molecule has 15 heavy (non-hydrogen) atoms. The van der Waals surface area contributed by atoms with Gasteiger partial charge in [-0.25, -0.2) is 0 Å². The molecular weight excluding hydrogens is 204 g/mol. The van der Waals surface area contributed by atoms with Crippen LogP contribution in [0.1, 0.15) is 18.4 Å². The lowest BCUT2D eigenvalue weighted by atomic mass is 10.2. The summed E-state index contributed by atoms with van der Waals surface area (Å²) in [5, 5.41) is 0. The van der Waals surface area contributed by atoms with E-state index in [1.807, 2.05) is 0 Å². The molecule has 1 aromatic rings. The van der Waals surface area contributed by atoms with Gasteiger partial charge >= 0.3 is 0 Å². The largest absolute Gasteiger partial charge is 0.387 e. The summed E-state index contributed by atoms with van der Waals surface area (Å²) >= 11 is 1.75. The maximum atomic E-state index is 5.82. The molecule has 2 N–H and O–H groups in total. The van der Waals surface area contributed by atoms with Crippen molar-refractivity contribution in [2.75, 3.05) is 5.75 Å². The number of nitrogens with zero attached hydrogens (tertiary/aromatic N) is 1. The SMILES string of the molecule is Cc1ccc(SCC(N)=NC2CC2)cc1. The molecule has 0 saturated heterocycles. The van der Waals surface area contributed by atoms with Gasteiger partial charge in [0.2, 0.25) is 0 Å². The number of aliphatic imine (C=N–C) groups is 1. The summed E-state index contributed by atoms with van der Waals surface area (Å²) in [4.78, 5) is 5.65. The normalized spacial score (nSPS) is 16.7. The molecule has 80 valence electrons. The summed E-state index contributed by atoms with van der Waals surface area (Å²) in [6.45, 7) is 2.09. The molecule has 1 aromatic carbocycles. The van der Waals surface area contributed by atoms with Crippen LogP contribution in [-0.2, 0) is 0 Å². The van der Waals surface area contributed by atoms with Gasteiger partial charge in [0, 0.05) is 4.90 Å². The molecule has 3 heteroatoms. The Morgan fingerprint density at radius 2 is 2.07 bits per heavy atom. The van der Waals surface area contributed by atoms with E-state index >= 15 is 0 Å². The van der Waals surface area contributed by atoms with E-state index in [-0.39, 0.29) is 0 Å². The molecule has 1 aliphatic rings. The molecule has 0 spiro atoms. The molecule has 0 aliphatic heterocycles. The summed E-state index contributed by atoms with van der Waals surface area (Å²) < 4.78 is 0.